The fourth-order valence-corrected chi connectivity index (χ4v) is 3.25. The molecule has 0 aromatic heterocycles. The first kappa shape index (κ1) is 10.2. The lowest BCUT2D eigenvalue weighted by Gasteiger charge is -2.23. The Morgan fingerprint density at radius 2 is 2.31 bits per heavy atom. The van der Waals surface area contributed by atoms with Crippen LogP contribution in [0.25, 0.3) is 0 Å². The Kier molecular flexibility index (Phi) is 2.60. The molecule has 2 nitrogen and oxygen atoms in total. The van der Waals surface area contributed by atoms with Gasteiger partial charge in [-0.25, -0.2) is 0 Å². The van der Waals surface area contributed by atoms with Crippen molar-refractivity contribution in [2.75, 3.05) is 7.11 Å². The summed E-state index contributed by atoms with van der Waals surface area (Å²) in [6.45, 7) is 0. The zero-order valence-corrected chi connectivity index (χ0v) is 9.78. The van der Waals surface area contributed by atoms with E-state index >= 15 is 0 Å². The lowest BCUT2D eigenvalue weighted by molar-refractivity contribution is 0.378. The molecule has 3 unspecified atom stereocenters. The van der Waals surface area contributed by atoms with Gasteiger partial charge in [0.05, 0.1) is 7.11 Å². The van der Waals surface area contributed by atoms with Crippen LogP contribution in [0.5, 0.6) is 5.75 Å². The van der Waals surface area contributed by atoms with Gasteiger partial charge in [-0.2, -0.15) is 0 Å². The largest absolute Gasteiger partial charge is 0.497 e. The van der Waals surface area contributed by atoms with Crippen molar-refractivity contribution in [1.82, 2.24) is 5.32 Å². The van der Waals surface area contributed by atoms with E-state index in [1.807, 2.05) is 6.07 Å². The van der Waals surface area contributed by atoms with Crippen molar-refractivity contribution in [2.24, 2.45) is 5.92 Å². The van der Waals surface area contributed by atoms with Gasteiger partial charge in [0.15, 0.2) is 0 Å². The Bertz CT molecular complexity index is 377. The highest BCUT2D eigenvalue weighted by Gasteiger charge is 2.38. The third kappa shape index (κ3) is 1.82. The Morgan fingerprint density at radius 3 is 3.00 bits per heavy atom. The van der Waals surface area contributed by atoms with E-state index in [0.717, 1.165) is 24.1 Å². The van der Waals surface area contributed by atoms with Gasteiger partial charge in [0, 0.05) is 12.1 Å². The number of fused-ring (bicyclic) bond motifs is 2. The molecule has 1 heterocycles. The highest BCUT2D eigenvalue weighted by molar-refractivity contribution is 5.29. The number of hydrogen-bond acceptors (Lipinski definition) is 2. The van der Waals surface area contributed by atoms with E-state index in [2.05, 4.69) is 23.5 Å². The second kappa shape index (κ2) is 4.10. The second-order valence-electron chi connectivity index (χ2n) is 5.10. The minimum absolute atomic E-state index is 0.700. The zero-order chi connectivity index (χ0) is 11.0. The number of benzene rings is 1. The highest BCUT2D eigenvalue weighted by atomic mass is 16.5. The molecule has 1 saturated carbocycles. The van der Waals surface area contributed by atoms with E-state index in [9.17, 15) is 0 Å². The fraction of sp³-hybridized carbons (Fsp3) is 0.571. The molecule has 2 aliphatic rings. The van der Waals surface area contributed by atoms with Crippen molar-refractivity contribution in [3.63, 3.8) is 0 Å². The molecule has 2 heteroatoms. The number of ether oxygens (including phenoxy) is 1. The van der Waals surface area contributed by atoms with Gasteiger partial charge in [0.2, 0.25) is 0 Å². The predicted octanol–water partition coefficient (Wildman–Crippen LogP) is 2.38. The Labute approximate surface area is 97.0 Å². The van der Waals surface area contributed by atoms with E-state index in [0.29, 0.717) is 6.04 Å². The molecule has 2 bridgehead atoms. The molecule has 1 aliphatic carbocycles. The van der Waals surface area contributed by atoms with Crippen molar-refractivity contribution in [3.05, 3.63) is 29.8 Å². The molecule has 86 valence electrons. The zero-order valence-electron chi connectivity index (χ0n) is 9.78. The summed E-state index contributed by atoms with van der Waals surface area (Å²) in [5.74, 6) is 1.89. The number of methoxy groups -OCH3 is 1. The molecule has 3 rings (SSSR count). The number of nitrogens with one attached hydrogen (secondary N) is 1. The molecule has 1 saturated heterocycles. The first-order valence-corrected chi connectivity index (χ1v) is 6.24. The third-order valence-electron chi connectivity index (χ3n) is 4.08. The smallest absolute Gasteiger partial charge is 0.119 e. The first-order chi connectivity index (χ1) is 7.85. The van der Waals surface area contributed by atoms with Gasteiger partial charge in [0.1, 0.15) is 5.75 Å². The average Bonchev–Trinajstić information content (AvgIpc) is 2.91. The quantitative estimate of drug-likeness (QED) is 0.839. The number of piperidine rings is 1. The monoisotopic (exact) mass is 217 g/mol. The molecular weight excluding hydrogens is 198 g/mol. The topological polar surface area (TPSA) is 21.3 Å². The van der Waals surface area contributed by atoms with E-state index in [4.69, 9.17) is 4.74 Å². The summed E-state index contributed by atoms with van der Waals surface area (Å²) in [5.41, 5.74) is 1.39. The second-order valence-corrected chi connectivity index (χ2v) is 5.10. The summed E-state index contributed by atoms with van der Waals surface area (Å²) < 4.78 is 5.26. The molecule has 0 spiro atoms. The van der Waals surface area contributed by atoms with Gasteiger partial charge >= 0.3 is 0 Å². The van der Waals surface area contributed by atoms with Crippen molar-refractivity contribution in [2.45, 2.75) is 37.8 Å². The molecule has 3 atom stereocenters. The molecule has 1 N–H and O–H groups in total. The van der Waals surface area contributed by atoms with Crippen molar-refractivity contribution < 1.29 is 4.74 Å². The molecule has 2 fully saturated rings. The first-order valence-electron chi connectivity index (χ1n) is 6.24. The van der Waals surface area contributed by atoms with Crippen molar-refractivity contribution in [1.29, 1.82) is 0 Å². The molecule has 0 amide bonds. The van der Waals surface area contributed by atoms with Gasteiger partial charge in [-0.3, -0.25) is 0 Å². The maximum absolute atomic E-state index is 5.26. The van der Waals surface area contributed by atoms with Gasteiger partial charge in [0.25, 0.3) is 0 Å². The lowest BCUT2D eigenvalue weighted by Crippen LogP contribution is -2.36. The Hall–Kier alpha value is -1.02. The third-order valence-corrected chi connectivity index (χ3v) is 4.08. The van der Waals surface area contributed by atoms with Gasteiger partial charge in [-0.1, -0.05) is 12.1 Å². The van der Waals surface area contributed by atoms with E-state index in [1.165, 1.54) is 24.8 Å². The standard InChI is InChI=1S/C14H19NO/c1-16-13-4-2-3-10(7-13)8-14-11-5-6-12(9-11)15-14/h2-4,7,11-12,14-15H,5-6,8-9H2,1H3. The minimum Gasteiger partial charge on any atom is -0.497 e. The molecule has 1 aromatic carbocycles. The average molecular weight is 217 g/mol. The van der Waals surface area contributed by atoms with Crippen LogP contribution in [0.15, 0.2) is 24.3 Å². The van der Waals surface area contributed by atoms with Crippen LogP contribution in [0, 0.1) is 5.92 Å². The maximum Gasteiger partial charge on any atom is 0.119 e. The molecule has 16 heavy (non-hydrogen) atoms. The minimum atomic E-state index is 0.700. The van der Waals surface area contributed by atoms with Crippen LogP contribution in [0.4, 0.5) is 0 Å². The van der Waals surface area contributed by atoms with E-state index < -0.39 is 0 Å². The fourth-order valence-electron chi connectivity index (χ4n) is 3.25. The van der Waals surface area contributed by atoms with Gasteiger partial charge in [-0.15, -0.1) is 0 Å². The van der Waals surface area contributed by atoms with Crippen LogP contribution in [0.1, 0.15) is 24.8 Å². The highest BCUT2D eigenvalue weighted by Crippen LogP contribution is 2.36. The summed E-state index contributed by atoms with van der Waals surface area (Å²) in [4.78, 5) is 0. The summed E-state index contributed by atoms with van der Waals surface area (Å²) in [6.07, 6.45) is 5.36. The number of rotatable bonds is 3. The Morgan fingerprint density at radius 1 is 1.38 bits per heavy atom. The Balaban J connectivity index is 1.69. The van der Waals surface area contributed by atoms with Crippen molar-refractivity contribution >= 4 is 0 Å². The van der Waals surface area contributed by atoms with Crippen molar-refractivity contribution in [3.8, 4) is 5.75 Å². The molecule has 1 aliphatic heterocycles. The maximum atomic E-state index is 5.26. The van der Waals surface area contributed by atoms with Gasteiger partial charge in [-0.05, 0) is 49.3 Å². The van der Waals surface area contributed by atoms with Crippen LogP contribution in [0.2, 0.25) is 0 Å². The molecular formula is C14H19NO. The predicted molar refractivity (Wildman–Crippen MR) is 64.8 cm³/mol. The molecule has 1 aromatic rings. The van der Waals surface area contributed by atoms with Crippen LogP contribution in [0.3, 0.4) is 0 Å². The van der Waals surface area contributed by atoms with Crippen LogP contribution < -0.4 is 10.1 Å². The van der Waals surface area contributed by atoms with Crippen LogP contribution in [-0.2, 0) is 6.42 Å². The summed E-state index contributed by atoms with van der Waals surface area (Å²) in [7, 11) is 1.73. The molecule has 0 radical (unpaired) electrons. The SMILES string of the molecule is COc1cccc(CC2NC3CCC2C3)c1. The summed E-state index contributed by atoms with van der Waals surface area (Å²) >= 11 is 0. The van der Waals surface area contributed by atoms with Crippen LogP contribution >= 0.6 is 0 Å². The van der Waals surface area contributed by atoms with E-state index in [1.54, 1.807) is 7.11 Å². The van der Waals surface area contributed by atoms with Gasteiger partial charge < -0.3 is 10.1 Å². The summed E-state index contributed by atoms with van der Waals surface area (Å²) in [6, 6.07) is 9.97. The number of hydrogen-bond donors (Lipinski definition) is 1. The van der Waals surface area contributed by atoms with Crippen LogP contribution in [-0.4, -0.2) is 19.2 Å². The normalized spacial score (nSPS) is 31.9. The lowest BCUT2D eigenvalue weighted by atomic mass is 9.94. The van der Waals surface area contributed by atoms with E-state index in [-0.39, 0.29) is 0 Å². The summed E-state index contributed by atoms with van der Waals surface area (Å²) in [5, 5.41) is 3.74.